The Bertz CT molecular complexity index is 1030. The molecule has 1 aliphatic heterocycles. The Morgan fingerprint density at radius 3 is 2.72 bits per heavy atom. The molecule has 1 unspecified atom stereocenters. The summed E-state index contributed by atoms with van der Waals surface area (Å²) in [4.78, 5) is 13.1. The molecule has 0 radical (unpaired) electrons. The normalized spacial score (nSPS) is 17.1. The van der Waals surface area contributed by atoms with Crippen LogP contribution in [0.4, 0.5) is 0 Å². The topological polar surface area (TPSA) is 86.5 Å². The highest BCUT2D eigenvalue weighted by Crippen LogP contribution is 2.39. The molecule has 29 heavy (non-hydrogen) atoms. The summed E-state index contributed by atoms with van der Waals surface area (Å²) in [7, 11) is 0. The van der Waals surface area contributed by atoms with Gasteiger partial charge >= 0.3 is 0 Å². The van der Waals surface area contributed by atoms with Crippen LogP contribution in [0.3, 0.4) is 0 Å². The summed E-state index contributed by atoms with van der Waals surface area (Å²) in [5.74, 6) is 1.08. The van der Waals surface area contributed by atoms with Crippen LogP contribution in [0.5, 0.6) is 11.5 Å². The lowest BCUT2D eigenvalue weighted by molar-refractivity contribution is 0.0618. The molecule has 1 atom stereocenters. The summed E-state index contributed by atoms with van der Waals surface area (Å²) in [6.07, 6.45) is 0.669. The molecular weight excluding hydrogens is 370 g/mol. The van der Waals surface area contributed by atoms with Crippen LogP contribution in [-0.4, -0.2) is 21.8 Å². The first-order valence-electron chi connectivity index (χ1n) is 9.51. The molecule has 1 aromatic heterocycles. The fourth-order valence-electron chi connectivity index (χ4n) is 3.47. The molecule has 1 N–H and O–H groups in total. The van der Waals surface area contributed by atoms with Gasteiger partial charge in [0.15, 0.2) is 0 Å². The molecule has 2 aromatic carbocycles. The number of aromatic nitrogens is 2. The predicted octanol–water partition coefficient (Wildman–Crippen LogP) is 3.99. The Labute approximate surface area is 169 Å². The van der Waals surface area contributed by atoms with Crippen molar-refractivity contribution >= 4 is 5.91 Å². The number of carbonyl (C=O) groups is 1. The lowest BCUT2D eigenvalue weighted by Crippen LogP contribution is -2.41. The van der Waals surface area contributed by atoms with E-state index < -0.39 is 0 Å². The molecule has 1 aliphatic rings. The van der Waals surface area contributed by atoms with E-state index >= 15 is 0 Å². The van der Waals surface area contributed by atoms with Crippen molar-refractivity contribution in [3.05, 3.63) is 71.0 Å². The van der Waals surface area contributed by atoms with Crippen LogP contribution in [0.25, 0.3) is 0 Å². The zero-order valence-corrected chi connectivity index (χ0v) is 16.6. The minimum Gasteiger partial charge on any atom is -0.487 e. The first kappa shape index (κ1) is 19.0. The van der Waals surface area contributed by atoms with Crippen molar-refractivity contribution in [1.29, 1.82) is 0 Å². The zero-order chi connectivity index (χ0) is 20.4. The minimum atomic E-state index is -0.375. The van der Waals surface area contributed by atoms with Gasteiger partial charge in [0.2, 0.25) is 0 Å². The molecule has 7 nitrogen and oxygen atoms in total. The predicted molar refractivity (Wildman–Crippen MR) is 106 cm³/mol. The van der Waals surface area contributed by atoms with E-state index in [1.54, 1.807) is 19.1 Å². The second-order valence-electron chi connectivity index (χ2n) is 7.71. The molecule has 0 saturated heterocycles. The number of fused-ring (bicyclic) bond motifs is 1. The average Bonchev–Trinajstić information content (AvgIpc) is 3.10. The summed E-state index contributed by atoms with van der Waals surface area (Å²) in [6.45, 7) is 6.01. The van der Waals surface area contributed by atoms with E-state index in [2.05, 4.69) is 15.6 Å². The fourth-order valence-corrected chi connectivity index (χ4v) is 3.47. The van der Waals surface area contributed by atoms with E-state index in [1.165, 1.54) is 0 Å². The summed E-state index contributed by atoms with van der Waals surface area (Å²) in [5.41, 5.74) is 2.32. The molecule has 2 heterocycles. The standard InChI is InChI=1S/C22H23N3O4/c1-14-18(25-29-24-14)13-27-19-10-6-5-9-16(19)21(26)23-17-12-22(2,3)28-20-11-7-4-8-15(17)20/h4-11,17H,12-13H2,1-3H3,(H,23,26). The Kier molecular flexibility index (Phi) is 4.96. The third kappa shape index (κ3) is 4.08. The minimum absolute atomic E-state index is 0.155. The molecule has 0 saturated carbocycles. The lowest BCUT2D eigenvalue weighted by atomic mass is 9.89. The van der Waals surface area contributed by atoms with Gasteiger partial charge in [-0.05, 0) is 39.0 Å². The highest BCUT2D eigenvalue weighted by molar-refractivity contribution is 5.97. The van der Waals surface area contributed by atoms with Gasteiger partial charge in [-0.15, -0.1) is 0 Å². The smallest absolute Gasteiger partial charge is 0.255 e. The number of hydrogen-bond acceptors (Lipinski definition) is 6. The number of nitrogens with zero attached hydrogens (tertiary/aromatic N) is 2. The number of benzene rings is 2. The van der Waals surface area contributed by atoms with E-state index in [4.69, 9.17) is 14.1 Å². The molecule has 0 fully saturated rings. The van der Waals surface area contributed by atoms with Gasteiger partial charge in [0.1, 0.15) is 35.1 Å². The highest BCUT2D eigenvalue weighted by atomic mass is 16.6. The Morgan fingerprint density at radius 2 is 1.93 bits per heavy atom. The molecule has 0 spiro atoms. The Morgan fingerprint density at radius 1 is 1.17 bits per heavy atom. The summed E-state index contributed by atoms with van der Waals surface area (Å²) in [5, 5.41) is 10.7. The summed E-state index contributed by atoms with van der Waals surface area (Å²) in [6, 6.07) is 14.8. The molecular formula is C22H23N3O4. The average molecular weight is 393 g/mol. The van der Waals surface area contributed by atoms with Gasteiger partial charge in [-0.2, -0.15) is 0 Å². The van der Waals surface area contributed by atoms with Crippen molar-refractivity contribution in [2.45, 2.75) is 45.4 Å². The molecule has 3 aromatic rings. The second kappa shape index (κ2) is 7.58. The van der Waals surface area contributed by atoms with Crippen LogP contribution in [-0.2, 0) is 6.61 Å². The highest BCUT2D eigenvalue weighted by Gasteiger charge is 2.34. The number of hydrogen-bond donors (Lipinski definition) is 1. The summed E-state index contributed by atoms with van der Waals surface area (Å²) < 4.78 is 16.6. The number of nitrogens with one attached hydrogen (secondary N) is 1. The second-order valence-corrected chi connectivity index (χ2v) is 7.71. The van der Waals surface area contributed by atoms with Gasteiger partial charge in [-0.1, -0.05) is 40.6 Å². The van der Waals surface area contributed by atoms with Crippen molar-refractivity contribution < 1.29 is 18.9 Å². The van der Waals surface area contributed by atoms with Crippen LogP contribution in [0.2, 0.25) is 0 Å². The number of para-hydroxylation sites is 2. The van der Waals surface area contributed by atoms with Crippen molar-refractivity contribution in [1.82, 2.24) is 15.6 Å². The first-order chi connectivity index (χ1) is 13.9. The Hall–Kier alpha value is -3.35. The first-order valence-corrected chi connectivity index (χ1v) is 9.51. The van der Waals surface area contributed by atoms with Gasteiger partial charge in [0.25, 0.3) is 5.91 Å². The monoisotopic (exact) mass is 393 g/mol. The maximum Gasteiger partial charge on any atom is 0.255 e. The van der Waals surface area contributed by atoms with Gasteiger partial charge < -0.3 is 14.8 Å². The fraction of sp³-hybridized carbons (Fsp3) is 0.318. The molecule has 7 heteroatoms. The number of ether oxygens (including phenoxy) is 2. The van der Waals surface area contributed by atoms with Gasteiger partial charge in [-0.3, -0.25) is 4.79 Å². The molecule has 1 amide bonds. The van der Waals surface area contributed by atoms with Gasteiger partial charge in [0, 0.05) is 12.0 Å². The number of carbonyl (C=O) groups excluding carboxylic acids is 1. The Balaban J connectivity index is 1.54. The molecule has 150 valence electrons. The van der Waals surface area contributed by atoms with Crippen molar-refractivity contribution in [3.63, 3.8) is 0 Å². The maximum atomic E-state index is 13.1. The molecule has 0 aliphatic carbocycles. The largest absolute Gasteiger partial charge is 0.487 e. The van der Waals surface area contributed by atoms with Crippen LogP contribution in [0.15, 0.2) is 53.2 Å². The van der Waals surface area contributed by atoms with Crippen molar-refractivity contribution in [2.24, 2.45) is 0 Å². The number of amides is 1. The SMILES string of the molecule is Cc1nonc1COc1ccccc1C(=O)NC1CC(C)(C)Oc2ccccc21. The molecule has 4 rings (SSSR count). The summed E-state index contributed by atoms with van der Waals surface area (Å²) >= 11 is 0. The van der Waals surface area contributed by atoms with E-state index in [9.17, 15) is 4.79 Å². The van der Waals surface area contributed by atoms with Crippen molar-refractivity contribution in [2.75, 3.05) is 0 Å². The van der Waals surface area contributed by atoms with E-state index in [1.807, 2.05) is 50.2 Å². The quantitative estimate of drug-likeness (QED) is 0.705. The van der Waals surface area contributed by atoms with Gasteiger partial charge in [-0.25, -0.2) is 4.63 Å². The number of rotatable bonds is 5. The number of aryl methyl sites for hydroxylation is 1. The van der Waals surface area contributed by atoms with E-state index in [0.29, 0.717) is 29.1 Å². The van der Waals surface area contributed by atoms with Crippen LogP contribution < -0.4 is 14.8 Å². The van der Waals surface area contributed by atoms with Crippen LogP contribution in [0, 0.1) is 6.92 Å². The lowest BCUT2D eigenvalue weighted by Gasteiger charge is -2.37. The van der Waals surface area contributed by atoms with Gasteiger partial charge in [0.05, 0.1) is 11.6 Å². The maximum absolute atomic E-state index is 13.1. The van der Waals surface area contributed by atoms with E-state index in [-0.39, 0.29) is 24.2 Å². The third-order valence-electron chi connectivity index (χ3n) is 4.92. The third-order valence-corrected chi connectivity index (χ3v) is 4.92. The van der Waals surface area contributed by atoms with Crippen LogP contribution in [0.1, 0.15) is 53.6 Å². The zero-order valence-electron chi connectivity index (χ0n) is 16.6. The van der Waals surface area contributed by atoms with Crippen LogP contribution >= 0.6 is 0 Å². The van der Waals surface area contributed by atoms with Crippen molar-refractivity contribution in [3.8, 4) is 11.5 Å². The molecule has 0 bridgehead atoms. The van der Waals surface area contributed by atoms with E-state index in [0.717, 1.165) is 11.3 Å².